The van der Waals surface area contributed by atoms with Crippen molar-refractivity contribution >= 4 is 11.2 Å². The average Bonchev–Trinajstić information content (AvgIpc) is 3.05. The molecule has 1 aliphatic rings. The number of nitrogens with one attached hydrogen (secondary N) is 1. The highest BCUT2D eigenvalue weighted by molar-refractivity contribution is 5.69. The van der Waals surface area contributed by atoms with Crippen LogP contribution in [0, 0.1) is 18.8 Å². The SMILES string of the molecule is [2H]C([2H])(O)[C@H]1O[C@@H](n2cnc3c(=O)[nH]c(C)nc32)C(O)(C#CCF)[C@H]1O. The summed E-state index contributed by atoms with van der Waals surface area (Å²) in [5.41, 5.74) is -3.16. The molecule has 2 aromatic heterocycles. The first-order valence-corrected chi connectivity index (χ1v) is 6.87. The molecule has 0 bridgehead atoms. The summed E-state index contributed by atoms with van der Waals surface area (Å²) in [6.45, 7) is -2.66. The van der Waals surface area contributed by atoms with Crippen LogP contribution in [0.4, 0.5) is 4.39 Å². The maximum Gasteiger partial charge on any atom is 0.279 e. The Bertz CT molecular complexity index is 962. The van der Waals surface area contributed by atoms with Crippen LogP contribution in [-0.4, -0.2) is 65.9 Å². The molecule has 24 heavy (non-hydrogen) atoms. The number of aromatic amines is 1. The maximum atomic E-state index is 12.5. The van der Waals surface area contributed by atoms with Crippen LogP contribution in [0.15, 0.2) is 11.1 Å². The van der Waals surface area contributed by atoms with Gasteiger partial charge >= 0.3 is 0 Å². The van der Waals surface area contributed by atoms with Crippen molar-refractivity contribution in [2.75, 3.05) is 13.2 Å². The number of aliphatic hydroxyl groups excluding tert-OH is 1. The van der Waals surface area contributed by atoms with Gasteiger partial charge in [0.05, 0.1) is 15.6 Å². The van der Waals surface area contributed by atoms with Gasteiger partial charge in [-0.2, -0.15) is 0 Å². The Labute approximate surface area is 137 Å². The minimum Gasteiger partial charge on any atom is -0.394 e. The molecule has 2 aromatic rings. The molecular formula is C14H15FN4O5. The quantitative estimate of drug-likeness (QED) is 0.483. The highest BCUT2D eigenvalue weighted by atomic mass is 19.1. The van der Waals surface area contributed by atoms with Crippen molar-refractivity contribution in [1.29, 1.82) is 0 Å². The second-order valence-corrected chi connectivity index (χ2v) is 5.22. The Balaban J connectivity index is 2.20. The Hall–Kier alpha value is -2.32. The van der Waals surface area contributed by atoms with E-state index in [4.69, 9.17) is 7.48 Å². The third-order valence-electron chi connectivity index (χ3n) is 3.68. The van der Waals surface area contributed by atoms with Gasteiger partial charge in [-0.05, 0) is 6.92 Å². The first-order valence-electron chi connectivity index (χ1n) is 7.87. The lowest BCUT2D eigenvalue weighted by Gasteiger charge is -2.26. The van der Waals surface area contributed by atoms with E-state index in [0.717, 1.165) is 10.9 Å². The molecule has 4 atom stereocenters. The van der Waals surface area contributed by atoms with E-state index >= 15 is 0 Å². The summed E-state index contributed by atoms with van der Waals surface area (Å²) in [6, 6.07) is 0. The number of nitrogens with zero attached hydrogens (tertiary/aromatic N) is 3. The van der Waals surface area contributed by atoms with E-state index in [1.165, 1.54) is 6.92 Å². The van der Waals surface area contributed by atoms with E-state index in [0.29, 0.717) is 0 Å². The normalized spacial score (nSPS) is 31.5. The van der Waals surface area contributed by atoms with E-state index in [9.17, 15) is 24.5 Å². The van der Waals surface area contributed by atoms with Crippen LogP contribution in [-0.2, 0) is 4.74 Å². The predicted molar refractivity (Wildman–Crippen MR) is 78.6 cm³/mol. The van der Waals surface area contributed by atoms with Gasteiger partial charge in [0.1, 0.15) is 24.7 Å². The molecule has 0 radical (unpaired) electrons. The maximum absolute atomic E-state index is 12.5. The summed E-state index contributed by atoms with van der Waals surface area (Å²) < 4.78 is 33.6. The van der Waals surface area contributed by atoms with Crippen molar-refractivity contribution in [2.45, 2.75) is 31.0 Å². The standard InChI is InChI=1S/C14H15FN4O5/c1-7-17-11-9(12(22)18-7)16-6-19(11)13-14(23,3-2-4-15)10(21)8(5-20)24-13/h6,8,10,13,20-21,23H,4-5H2,1H3,(H,17,18,22)/t8-,10+,13-,14?/m1/s1/i5D2. The third-order valence-corrected chi connectivity index (χ3v) is 3.68. The van der Waals surface area contributed by atoms with Gasteiger partial charge in [0, 0.05) is 0 Å². The Morgan fingerprint density at radius 1 is 1.67 bits per heavy atom. The number of hydrogen-bond acceptors (Lipinski definition) is 7. The topological polar surface area (TPSA) is 133 Å². The summed E-state index contributed by atoms with van der Waals surface area (Å²) in [4.78, 5) is 22.3. The van der Waals surface area contributed by atoms with Crippen LogP contribution >= 0.6 is 0 Å². The molecule has 1 fully saturated rings. The summed E-state index contributed by atoms with van der Waals surface area (Å²) in [7, 11) is 0. The number of aromatic nitrogens is 4. The highest BCUT2D eigenvalue weighted by Gasteiger charge is 2.56. The second-order valence-electron chi connectivity index (χ2n) is 5.22. The minimum absolute atomic E-state index is 0.0249. The van der Waals surface area contributed by atoms with E-state index in [1.54, 1.807) is 0 Å². The summed E-state index contributed by atoms with van der Waals surface area (Å²) in [6.07, 6.45) is -4.44. The zero-order valence-electron chi connectivity index (χ0n) is 14.4. The molecule has 0 spiro atoms. The molecule has 0 amide bonds. The molecule has 0 saturated carbocycles. The van der Waals surface area contributed by atoms with Crippen molar-refractivity contribution in [1.82, 2.24) is 19.5 Å². The number of aryl methyl sites for hydroxylation is 1. The van der Waals surface area contributed by atoms with Crippen molar-refractivity contribution in [3.8, 4) is 11.8 Å². The number of hydrogen-bond donors (Lipinski definition) is 4. The summed E-state index contributed by atoms with van der Waals surface area (Å²) in [5.74, 6) is 4.30. The van der Waals surface area contributed by atoms with Crippen LogP contribution in [0.1, 0.15) is 14.8 Å². The van der Waals surface area contributed by atoms with Gasteiger partial charge in [-0.3, -0.25) is 9.36 Å². The molecule has 3 heterocycles. The Kier molecular flexibility index (Phi) is 3.49. The zero-order valence-corrected chi connectivity index (χ0v) is 12.4. The zero-order chi connectivity index (χ0) is 19.3. The van der Waals surface area contributed by atoms with Gasteiger partial charge < -0.3 is 25.0 Å². The van der Waals surface area contributed by atoms with Gasteiger partial charge in [-0.1, -0.05) is 11.8 Å². The third kappa shape index (κ3) is 2.38. The van der Waals surface area contributed by atoms with Gasteiger partial charge in [0.25, 0.3) is 5.56 Å². The van der Waals surface area contributed by atoms with Crippen molar-refractivity contribution in [2.24, 2.45) is 0 Å². The number of alkyl halides is 1. The number of imidazole rings is 1. The van der Waals surface area contributed by atoms with E-state index < -0.39 is 42.8 Å². The van der Waals surface area contributed by atoms with Crippen molar-refractivity contribution in [3.63, 3.8) is 0 Å². The smallest absolute Gasteiger partial charge is 0.279 e. The molecule has 4 N–H and O–H groups in total. The lowest BCUT2D eigenvalue weighted by atomic mass is 9.94. The Morgan fingerprint density at radius 3 is 3.08 bits per heavy atom. The van der Waals surface area contributed by atoms with E-state index in [2.05, 4.69) is 20.9 Å². The highest BCUT2D eigenvalue weighted by Crippen LogP contribution is 2.39. The first-order chi connectivity index (χ1) is 12.1. The number of fused-ring (bicyclic) bond motifs is 1. The fraction of sp³-hybridized carbons (Fsp3) is 0.500. The largest absolute Gasteiger partial charge is 0.394 e. The number of aliphatic hydroxyl groups is 3. The summed E-state index contributed by atoms with van der Waals surface area (Å²) >= 11 is 0. The summed E-state index contributed by atoms with van der Waals surface area (Å²) in [5, 5.41) is 30.7. The fourth-order valence-corrected chi connectivity index (χ4v) is 2.59. The number of halogens is 1. The van der Waals surface area contributed by atoms with Gasteiger partial charge in [-0.15, -0.1) is 0 Å². The van der Waals surface area contributed by atoms with Crippen LogP contribution < -0.4 is 5.56 Å². The second kappa shape index (κ2) is 5.95. The number of rotatable bonds is 2. The lowest BCUT2D eigenvalue weighted by molar-refractivity contribution is -0.0722. The molecule has 3 rings (SSSR count). The monoisotopic (exact) mass is 340 g/mol. The number of ether oxygens (including phenoxy) is 1. The minimum atomic E-state index is -3.03. The molecule has 0 aliphatic carbocycles. The Morgan fingerprint density at radius 2 is 2.42 bits per heavy atom. The van der Waals surface area contributed by atoms with Crippen molar-refractivity contribution < 1.29 is 27.2 Å². The van der Waals surface area contributed by atoms with Crippen LogP contribution in [0.5, 0.6) is 0 Å². The molecule has 1 saturated heterocycles. The molecule has 10 heteroatoms. The molecule has 0 aromatic carbocycles. The number of H-pyrrole nitrogens is 1. The molecule has 1 unspecified atom stereocenters. The van der Waals surface area contributed by atoms with Crippen LogP contribution in [0.3, 0.4) is 0 Å². The predicted octanol–water partition coefficient (Wildman–Crippen LogP) is -1.62. The average molecular weight is 340 g/mol. The molecule has 1 aliphatic heterocycles. The fourth-order valence-electron chi connectivity index (χ4n) is 2.59. The molecule has 9 nitrogen and oxygen atoms in total. The van der Waals surface area contributed by atoms with Gasteiger partial charge in [-0.25, -0.2) is 14.4 Å². The van der Waals surface area contributed by atoms with E-state index in [-0.39, 0.29) is 17.0 Å². The van der Waals surface area contributed by atoms with Crippen molar-refractivity contribution in [3.05, 3.63) is 22.5 Å². The first kappa shape index (κ1) is 14.1. The lowest BCUT2D eigenvalue weighted by Crippen LogP contribution is -2.46. The van der Waals surface area contributed by atoms with E-state index in [1.807, 2.05) is 5.92 Å². The van der Waals surface area contributed by atoms with Gasteiger partial charge in [0.15, 0.2) is 23.0 Å². The molecular weight excluding hydrogens is 323 g/mol. The van der Waals surface area contributed by atoms with Gasteiger partial charge in [0.2, 0.25) is 0 Å². The molecule has 128 valence electrons. The van der Waals surface area contributed by atoms with Crippen LogP contribution in [0.25, 0.3) is 11.2 Å². The van der Waals surface area contributed by atoms with Crippen LogP contribution in [0.2, 0.25) is 0 Å².